The van der Waals surface area contributed by atoms with E-state index in [0.29, 0.717) is 19.0 Å². The smallest absolute Gasteiger partial charge is 0.317 e. The molecule has 6 nitrogen and oxygen atoms in total. The van der Waals surface area contributed by atoms with Crippen LogP contribution in [0.5, 0.6) is 0 Å². The van der Waals surface area contributed by atoms with Gasteiger partial charge >= 0.3 is 12.0 Å². The van der Waals surface area contributed by atoms with Crippen molar-refractivity contribution in [2.75, 3.05) is 33.2 Å². The first-order valence-corrected chi connectivity index (χ1v) is 6.95. The molecule has 0 aromatic rings. The van der Waals surface area contributed by atoms with Crippen LogP contribution < -0.4 is 5.32 Å². The second-order valence-electron chi connectivity index (χ2n) is 5.21. The van der Waals surface area contributed by atoms with Crippen LogP contribution in [0.15, 0.2) is 0 Å². The Morgan fingerprint density at radius 2 is 2.00 bits per heavy atom. The third kappa shape index (κ3) is 5.92. The summed E-state index contributed by atoms with van der Waals surface area (Å²) < 4.78 is 0. The number of urea groups is 1. The van der Waals surface area contributed by atoms with Gasteiger partial charge in [-0.15, -0.1) is 0 Å². The van der Waals surface area contributed by atoms with Crippen LogP contribution in [0.25, 0.3) is 0 Å². The van der Waals surface area contributed by atoms with Crippen LogP contribution in [-0.4, -0.2) is 66.2 Å². The van der Waals surface area contributed by atoms with Crippen molar-refractivity contribution >= 4 is 12.0 Å². The van der Waals surface area contributed by atoms with Gasteiger partial charge in [-0.1, -0.05) is 6.42 Å². The summed E-state index contributed by atoms with van der Waals surface area (Å²) in [6.45, 7) is 5.19. The van der Waals surface area contributed by atoms with Gasteiger partial charge in [0.1, 0.15) is 0 Å². The number of carboxylic acids is 1. The molecule has 110 valence electrons. The third-order valence-corrected chi connectivity index (χ3v) is 3.59. The van der Waals surface area contributed by atoms with E-state index in [2.05, 4.69) is 24.2 Å². The Kier molecular flexibility index (Phi) is 6.62. The van der Waals surface area contributed by atoms with Crippen molar-refractivity contribution in [2.24, 2.45) is 0 Å². The fraction of sp³-hybridized carbons (Fsp3) is 0.846. The molecule has 0 aromatic heterocycles. The van der Waals surface area contributed by atoms with Crippen molar-refractivity contribution in [1.29, 1.82) is 0 Å². The molecule has 0 radical (unpaired) electrons. The molecular weight excluding hydrogens is 246 g/mol. The lowest BCUT2D eigenvalue weighted by molar-refractivity contribution is -0.137. The summed E-state index contributed by atoms with van der Waals surface area (Å²) in [6, 6.07) is 0.397. The van der Waals surface area contributed by atoms with E-state index in [0.717, 1.165) is 32.5 Å². The summed E-state index contributed by atoms with van der Waals surface area (Å²) in [5.41, 5.74) is 0. The van der Waals surface area contributed by atoms with E-state index >= 15 is 0 Å². The quantitative estimate of drug-likeness (QED) is 0.706. The van der Waals surface area contributed by atoms with Gasteiger partial charge in [0.25, 0.3) is 0 Å². The van der Waals surface area contributed by atoms with Gasteiger partial charge in [0.2, 0.25) is 0 Å². The molecule has 2 amide bonds. The molecule has 1 aliphatic rings. The summed E-state index contributed by atoms with van der Waals surface area (Å²) in [7, 11) is 2.07. The van der Waals surface area contributed by atoms with E-state index < -0.39 is 5.97 Å². The average molecular weight is 271 g/mol. The van der Waals surface area contributed by atoms with Crippen LogP contribution in [0.1, 0.15) is 32.6 Å². The van der Waals surface area contributed by atoms with Gasteiger partial charge in [-0.25, -0.2) is 4.79 Å². The summed E-state index contributed by atoms with van der Waals surface area (Å²) in [6.07, 6.45) is 2.56. The van der Waals surface area contributed by atoms with Crippen LogP contribution in [-0.2, 0) is 4.79 Å². The lowest BCUT2D eigenvalue weighted by Crippen LogP contribution is -2.54. The number of aliphatic carboxylic acids is 1. The van der Waals surface area contributed by atoms with Gasteiger partial charge in [0.15, 0.2) is 0 Å². The molecule has 0 spiro atoms. The molecule has 0 aliphatic carbocycles. The van der Waals surface area contributed by atoms with Crippen LogP contribution in [0.2, 0.25) is 0 Å². The molecule has 1 saturated heterocycles. The molecule has 1 rings (SSSR count). The molecule has 2 N–H and O–H groups in total. The van der Waals surface area contributed by atoms with Gasteiger partial charge in [0.05, 0.1) is 0 Å². The first-order chi connectivity index (χ1) is 9.00. The van der Waals surface area contributed by atoms with Gasteiger partial charge in [-0.3, -0.25) is 4.79 Å². The molecule has 0 saturated carbocycles. The first kappa shape index (κ1) is 15.8. The summed E-state index contributed by atoms with van der Waals surface area (Å²) in [4.78, 5) is 26.3. The molecule has 1 atom stereocenters. The van der Waals surface area contributed by atoms with E-state index in [1.165, 1.54) is 0 Å². The van der Waals surface area contributed by atoms with Gasteiger partial charge in [-0.2, -0.15) is 0 Å². The Bertz CT molecular complexity index is 310. The van der Waals surface area contributed by atoms with E-state index in [1.807, 2.05) is 4.90 Å². The zero-order valence-electron chi connectivity index (χ0n) is 11.9. The van der Waals surface area contributed by atoms with Crippen molar-refractivity contribution in [3.05, 3.63) is 0 Å². The number of nitrogens with zero attached hydrogens (tertiary/aromatic N) is 2. The predicted molar refractivity (Wildman–Crippen MR) is 73.2 cm³/mol. The number of carbonyl (C=O) groups is 2. The fourth-order valence-electron chi connectivity index (χ4n) is 2.12. The van der Waals surface area contributed by atoms with Crippen LogP contribution in [0, 0.1) is 0 Å². The maximum Gasteiger partial charge on any atom is 0.317 e. The minimum atomic E-state index is -0.754. The monoisotopic (exact) mass is 271 g/mol. The van der Waals surface area contributed by atoms with Gasteiger partial charge in [0, 0.05) is 38.6 Å². The number of rotatable bonds is 6. The lowest BCUT2D eigenvalue weighted by atomic mass is 10.2. The standard InChI is InChI=1S/C13H25N3O3/c1-11-10-16(9-8-15(11)2)13(19)14-7-5-3-4-6-12(17)18/h11H,3-10H2,1-2H3,(H,14,19)(H,17,18). The highest BCUT2D eigenvalue weighted by molar-refractivity contribution is 5.74. The minimum absolute atomic E-state index is 0.00168. The number of amides is 2. The summed E-state index contributed by atoms with van der Waals surface area (Å²) >= 11 is 0. The Morgan fingerprint density at radius 1 is 1.26 bits per heavy atom. The Labute approximate surface area is 114 Å². The number of likely N-dealkylation sites (N-methyl/N-ethyl adjacent to an activating group) is 1. The number of nitrogens with one attached hydrogen (secondary N) is 1. The van der Waals surface area contributed by atoms with Crippen LogP contribution in [0.3, 0.4) is 0 Å². The molecule has 19 heavy (non-hydrogen) atoms. The van der Waals surface area contributed by atoms with Crippen molar-refractivity contribution in [1.82, 2.24) is 15.1 Å². The fourth-order valence-corrected chi connectivity index (χ4v) is 2.12. The van der Waals surface area contributed by atoms with Crippen LogP contribution >= 0.6 is 0 Å². The van der Waals surface area contributed by atoms with Crippen molar-refractivity contribution in [2.45, 2.75) is 38.6 Å². The number of hydrogen-bond acceptors (Lipinski definition) is 3. The van der Waals surface area contributed by atoms with Gasteiger partial charge in [-0.05, 0) is 26.8 Å². The second kappa shape index (κ2) is 7.99. The maximum absolute atomic E-state index is 11.9. The zero-order valence-corrected chi connectivity index (χ0v) is 11.9. The van der Waals surface area contributed by atoms with Gasteiger partial charge < -0.3 is 20.2 Å². The number of hydrogen-bond donors (Lipinski definition) is 2. The third-order valence-electron chi connectivity index (χ3n) is 3.59. The van der Waals surface area contributed by atoms with E-state index in [9.17, 15) is 9.59 Å². The van der Waals surface area contributed by atoms with E-state index in [-0.39, 0.29) is 12.5 Å². The molecule has 1 fully saturated rings. The number of piperazine rings is 1. The highest BCUT2D eigenvalue weighted by Gasteiger charge is 2.23. The number of unbranched alkanes of at least 4 members (excludes halogenated alkanes) is 2. The van der Waals surface area contributed by atoms with Crippen molar-refractivity contribution in [3.63, 3.8) is 0 Å². The number of carbonyl (C=O) groups excluding carboxylic acids is 1. The molecule has 1 aliphatic heterocycles. The van der Waals surface area contributed by atoms with E-state index in [1.54, 1.807) is 0 Å². The summed E-state index contributed by atoms with van der Waals surface area (Å²) in [5.74, 6) is -0.754. The molecular formula is C13H25N3O3. The summed E-state index contributed by atoms with van der Waals surface area (Å²) in [5, 5.41) is 11.4. The van der Waals surface area contributed by atoms with Crippen molar-refractivity contribution < 1.29 is 14.7 Å². The zero-order chi connectivity index (χ0) is 14.3. The SMILES string of the molecule is CC1CN(C(=O)NCCCCCC(=O)O)CCN1C. The largest absolute Gasteiger partial charge is 0.481 e. The number of carboxylic acid groups (broad SMARTS) is 1. The molecule has 1 unspecified atom stereocenters. The Hall–Kier alpha value is -1.30. The molecule has 6 heteroatoms. The van der Waals surface area contributed by atoms with Crippen molar-refractivity contribution in [3.8, 4) is 0 Å². The predicted octanol–water partition coefficient (Wildman–Crippen LogP) is 0.977. The topological polar surface area (TPSA) is 72.9 Å². The maximum atomic E-state index is 11.9. The average Bonchev–Trinajstić information content (AvgIpc) is 2.36. The Balaban J connectivity index is 2.09. The van der Waals surface area contributed by atoms with Crippen LogP contribution in [0.4, 0.5) is 4.79 Å². The highest BCUT2D eigenvalue weighted by atomic mass is 16.4. The Morgan fingerprint density at radius 3 is 2.63 bits per heavy atom. The molecule has 1 heterocycles. The first-order valence-electron chi connectivity index (χ1n) is 6.95. The minimum Gasteiger partial charge on any atom is -0.481 e. The lowest BCUT2D eigenvalue weighted by Gasteiger charge is -2.37. The molecule has 0 aromatic carbocycles. The second-order valence-corrected chi connectivity index (χ2v) is 5.21. The molecule has 0 bridgehead atoms. The highest BCUT2D eigenvalue weighted by Crippen LogP contribution is 2.07. The normalized spacial score (nSPS) is 20.3. The van der Waals surface area contributed by atoms with E-state index in [4.69, 9.17) is 5.11 Å².